The van der Waals surface area contributed by atoms with E-state index in [2.05, 4.69) is 27.7 Å². The molecule has 1 rings (SSSR count). The second kappa shape index (κ2) is 8.16. The molecule has 0 aliphatic heterocycles. The fourth-order valence-electron chi connectivity index (χ4n) is 3.91. The summed E-state index contributed by atoms with van der Waals surface area (Å²) < 4.78 is 0. The van der Waals surface area contributed by atoms with E-state index in [1.807, 2.05) is 0 Å². The van der Waals surface area contributed by atoms with Crippen LogP contribution in [0.25, 0.3) is 0 Å². The molecule has 1 fully saturated rings. The van der Waals surface area contributed by atoms with E-state index in [1.165, 1.54) is 57.8 Å². The third-order valence-electron chi connectivity index (χ3n) is 5.23. The van der Waals surface area contributed by atoms with Gasteiger partial charge in [0.15, 0.2) is 0 Å². The van der Waals surface area contributed by atoms with Crippen molar-refractivity contribution in [3.8, 4) is 0 Å². The van der Waals surface area contributed by atoms with Crippen LogP contribution < -0.4 is 0 Å². The van der Waals surface area contributed by atoms with Crippen LogP contribution >= 0.6 is 0 Å². The lowest BCUT2D eigenvalue weighted by Gasteiger charge is -2.40. The molecule has 4 atom stereocenters. The number of hydrogen-bond donors (Lipinski definition) is 0. The van der Waals surface area contributed by atoms with Gasteiger partial charge in [0.25, 0.3) is 0 Å². The molecule has 0 bridgehead atoms. The largest absolute Gasteiger partial charge is 0.0654 e. The first-order chi connectivity index (χ1) is 8.22. The average Bonchev–Trinajstić information content (AvgIpc) is 2.35. The van der Waals surface area contributed by atoms with Gasteiger partial charge < -0.3 is 0 Å². The molecule has 0 N–H and O–H groups in total. The normalized spacial score (nSPS) is 33.9. The molecule has 4 unspecified atom stereocenters. The van der Waals surface area contributed by atoms with E-state index in [9.17, 15) is 0 Å². The summed E-state index contributed by atoms with van der Waals surface area (Å²) in [6, 6.07) is 0. The van der Waals surface area contributed by atoms with E-state index in [-0.39, 0.29) is 0 Å². The van der Waals surface area contributed by atoms with Crippen LogP contribution in [-0.4, -0.2) is 0 Å². The van der Waals surface area contributed by atoms with Gasteiger partial charge in [-0.25, -0.2) is 0 Å². The Hall–Kier alpha value is 0. The topological polar surface area (TPSA) is 0 Å². The van der Waals surface area contributed by atoms with Crippen molar-refractivity contribution in [3.05, 3.63) is 0 Å². The van der Waals surface area contributed by atoms with Gasteiger partial charge in [0.05, 0.1) is 0 Å². The van der Waals surface area contributed by atoms with Crippen molar-refractivity contribution in [2.75, 3.05) is 0 Å². The zero-order valence-corrected chi connectivity index (χ0v) is 12.7. The Morgan fingerprint density at radius 2 is 1.41 bits per heavy atom. The summed E-state index contributed by atoms with van der Waals surface area (Å²) in [4.78, 5) is 0. The van der Waals surface area contributed by atoms with Crippen molar-refractivity contribution in [1.82, 2.24) is 0 Å². The maximum absolute atomic E-state index is 2.51. The molecule has 1 aliphatic carbocycles. The highest BCUT2D eigenvalue weighted by atomic mass is 14.4. The van der Waals surface area contributed by atoms with E-state index >= 15 is 0 Å². The Labute approximate surface area is 110 Å². The second-order valence-corrected chi connectivity index (χ2v) is 6.39. The highest BCUT2D eigenvalue weighted by Gasteiger charge is 2.32. The molecule has 0 heteroatoms. The van der Waals surface area contributed by atoms with Gasteiger partial charge in [-0.05, 0) is 36.5 Å². The molecule has 0 spiro atoms. The van der Waals surface area contributed by atoms with Crippen LogP contribution in [0, 0.1) is 23.7 Å². The first kappa shape index (κ1) is 15.1. The van der Waals surface area contributed by atoms with Gasteiger partial charge in [0, 0.05) is 0 Å². The standard InChI is InChI=1S/C17H34/c1-5-8-9-10-11-17-13-16(7-3)15(6-2)12-14(17)4/h14-17H,5-13H2,1-4H3. The van der Waals surface area contributed by atoms with Gasteiger partial charge in [0.2, 0.25) is 0 Å². The summed E-state index contributed by atoms with van der Waals surface area (Å²) in [5.74, 6) is 4.10. The van der Waals surface area contributed by atoms with Crippen molar-refractivity contribution in [1.29, 1.82) is 0 Å². The lowest BCUT2D eigenvalue weighted by molar-refractivity contribution is 0.108. The van der Waals surface area contributed by atoms with Crippen molar-refractivity contribution >= 4 is 0 Å². The molecule has 0 radical (unpaired) electrons. The Balaban J connectivity index is 2.34. The van der Waals surface area contributed by atoms with Crippen LogP contribution in [0.15, 0.2) is 0 Å². The number of hydrogen-bond acceptors (Lipinski definition) is 0. The van der Waals surface area contributed by atoms with Crippen molar-refractivity contribution in [3.63, 3.8) is 0 Å². The average molecular weight is 238 g/mol. The number of rotatable bonds is 7. The molecule has 0 aromatic carbocycles. The minimum Gasteiger partial charge on any atom is -0.0654 e. The zero-order chi connectivity index (χ0) is 12.7. The second-order valence-electron chi connectivity index (χ2n) is 6.39. The lowest BCUT2D eigenvalue weighted by atomic mass is 9.66. The predicted octanol–water partition coefficient (Wildman–Crippen LogP) is 6.06. The minimum absolute atomic E-state index is 0.990. The number of unbranched alkanes of at least 4 members (excludes halogenated alkanes) is 3. The summed E-state index contributed by atoms with van der Waals surface area (Å²) in [6.45, 7) is 9.61. The smallest absolute Gasteiger partial charge is 0.0386 e. The summed E-state index contributed by atoms with van der Waals surface area (Å²) in [5.41, 5.74) is 0. The monoisotopic (exact) mass is 238 g/mol. The highest BCUT2D eigenvalue weighted by molar-refractivity contribution is 4.82. The quantitative estimate of drug-likeness (QED) is 0.473. The van der Waals surface area contributed by atoms with Crippen molar-refractivity contribution in [2.45, 2.75) is 85.5 Å². The molecule has 0 heterocycles. The van der Waals surface area contributed by atoms with Gasteiger partial charge in [-0.3, -0.25) is 0 Å². The van der Waals surface area contributed by atoms with E-state index in [0.717, 1.165) is 23.7 Å². The van der Waals surface area contributed by atoms with Gasteiger partial charge in [-0.2, -0.15) is 0 Å². The van der Waals surface area contributed by atoms with Gasteiger partial charge in [-0.15, -0.1) is 0 Å². The first-order valence-corrected chi connectivity index (χ1v) is 8.22. The van der Waals surface area contributed by atoms with E-state index in [4.69, 9.17) is 0 Å². The Morgan fingerprint density at radius 3 is 2.00 bits per heavy atom. The van der Waals surface area contributed by atoms with Gasteiger partial charge in [0.1, 0.15) is 0 Å². The summed E-state index contributed by atoms with van der Waals surface area (Å²) in [5, 5.41) is 0. The highest BCUT2D eigenvalue weighted by Crippen LogP contribution is 2.42. The van der Waals surface area contributed by atoms with Crippen LogP contribution in [0.3, 0.4) is 0 Å². The van der Waals surface area contributed by atoms with Crippen LogP contribution in [0.1, 0.15) is 85.5 Å². The third-order valence-corrected chi connectivity index (χ3v) is 5.23. The Kier molecular flexibility index (Phi) is 7.23. The molecule has 102 valence electrons. The fourth-order valence-corrected chi connectivity index (χ4v) is 3.91. The third kappa shape index (κ3) is 4.64. The summed E-state index contributed by atoms with van der Waals surface area (Å²) in [7, 11) is 0. The Morgan fingerprint density at radius 1 is 0.765 bits per heavy atom. The maximum atomic E-state index is 2.51. The molecule has 1 saturated carbocycles. The lowest BCUT2D eigenvalue weighted by Crippen LogP contribution is -2.30. The molecule has 17 heavy (non-hydrogen) atoms. The molecule has 0 saturated heterocycles. The maximum Gasteiger partial charge on any atom is -0.0386 e. The Bertz CT molecular complexity index is 184. The summed E-state index contributed by atoms with van der Waals surface area (Å²) >= 11 is 0. The van der Waals surface area contributed by atoms with Gasteiger partial charge >= 0.3 is 0 Å². The SMILES string of the molecule is CCCCCCC1CC(CC)C(CC)CC1C. The fraction of sp³-hybridized carbons (Fsp3) is 1.00. The molecular weight excluding hydrogens is 204 g/mol. The molecule has 0 amide bonds. The zero-order valence-electron chi connectivity index (χ0n) is 12.7. The van der Waals surface area contributed by atoms with Crippen LogP contribution in [0.2, 0.25) is 0 Å². The van der Waals surface area contributed by atoms with Crippen LogP contribution in [0.5, 0.6) is 0 Å². The summed E-state index contributed by atoms with van der Waals surface area (Å²) in [6.07, 6.45) is 13.1. The van der Waals surface area contributed by atoms with Crippen molar-refractivity contribution in [2.24, 2.45) is 23.7 Å². The van der Waals surface area contributed by atoms with Crippen molar-refractivity contribution < 1.29 is 0 Å². The van der Waals surface area contributed by atoms with E-state index in [0.29, 0.717) is 0 Å². The molecule has 0 aromatic heterocycles. The molecule has 0 nitrogen and oxygen atoms in total. The minimum atomic E-state index is 0.990. The van der Waals surface area contributed by atoms with Gasteiger partial charge in [-0.1, -0.05) is 72.6 Å². The first-order valence-electron chi connectivity index (χ1n) is 8.22. The van der Waals surface area contributed by atoms with Crippen LogP contribution in [0.4, 0.5) is 0 Å². The van der Waals surface area contributed by atoms with E-state index in [1.54, 1.807) is 0 Å². The molecule has 0 aromatic rings. The van der Waals surface area contributed by atoms with Crippen LogP contribution in [-0.2, 0) is 0 Å². The predicted molar refractivity (Wildman–Crippen MR) is 78.2 cm³/mol. The van der Waals surface area contributed by atoms with E-state index < -0.39 is 0 Å². The molecule has 1 aliphatic rings. The molecular formula is C17H34.